The van der Waals surface area contributed by atoms with E-state index in [1.165, 1.54) is 6.33 Å². The average molecular weight is 300 g/mol. The second-order valence-electron chi connectivity index (χ2n) is 4.45. The summed E-state index contributed by atoms with van der Waals surface area (Å²) in [7, 11) is -4.77. The zero-order valence-electron chi connectivity index (χ0n) is 10.3. The number of carbonyl (C=O) groups is 1. The molecule has 3 rings (SSSR count). The number of hydrogen-bond acceptors (Lipinski definition) is 7. The van der Waals surface area contributed by atoms with Gasteiger partial charge in [0, 0.05) is 13.0 Å². The molecule has 1 fully saturated rings. The van der Waals surface area contributed by atoms with E-state index >= 15 is 0 Å². The van der Waals surface area contributed by atoms with E-state index in [0.717, 1.165) is 4.90 Å². The third kappa shape index (κ3) is 1.92. The fourth-order valence-corrected chi connectivity index (χ4v) is 2.85. The molecule has 0 saturated carbocycles. The molecule has 1 unspecified atom stereocenters. The zero-order valence-corrected chi connectivity index (χ0v) is 11.1. The van der Waals surface area contributed by atoms with Gasteiger partial charge in [-0.05, 0) is 6.92 Å². The molecule has 0 spiro atoms. The number of amides is 1. The van der Waals surface area contributed by atoms with Crippen molar-refractivity contribution in [1.29, 1.82) is 0 Å². The maximum Gasteiger partial charge on any atom is 0.307 e. The number of aryl methyl sites for hydroxylation is 1. The highest BCUT2D eigenvalue weighted by Crippen LogP contribution is 2.30. The number of rotatable bonds is 2. The fraction of sp³-hybridized carbons (Fsp3) is 0.400. The van der Waals surface area contributed by atoms with Crippen LogP contribution in [0.3, 0.4) is 0 Å². The molecule has 20 heavy (non-hydrogen) atoms. The number of carbonyl (C=O) groups excluding carboxylic acids is 1. The molecular formula is C10H9FN4O4S. The number of nitrogens with zero attached hydrogens (tertiary/aromatic N) is 4. The molecule has 10 heteroatoms. The van der Waals surface area contributed by atoms with E-state index in [0.29, 0.717) is 11.1 Å². The van der Waals surface area contributed by atoms with Gasteiger partial charge in [0.2, 0.25) is 5.91 Å². The van der Waals surface area contributed by atoms with Crippen LogP contribution in [0.2, 0.25) is 0 Å². The SMILES string of the molecule is Cc1noc2ncnc(N3CC(S(=O)(=O)F)CC3=O)c12. The average Bonchev–Trinajstić information content (AvgIpc) is 2.93. The number of halogens is 1. The Morgan fingerprint density at radius 1 is 1.45 bits per heavy atom. The van der Waals surface area contributed by atoms with Gasteiger partial charge in [-0.3, -0.25) is 9.69 Å². The van der Waals surface area contributed by atoms with E-state index in [4.69, 9.17) is 4.52 Å². The van der Waals surface area contributed by atoms with Crippen molar-refractivity contribution in [2.75, 3.05) is 11.4 Å². The van der Waals surface area contributed by atoms with E-state index in [-0.39, 0.29) is 18.1 Å². The van der Waals surface area contributed by atoms with Crippen LogP contribution in [0.1, 0.15) is 12.1 Å². The Bertz CT molecular complexity index is 803. The summed E-state index contributed by atoms with van der Waals surface area (Å²) in [5.41, 5.74) is 0.654. The fourth-order valence-electron chi connectivity index (χ4n) is 2.18. The molecule has 2 aromatic heterocycles. The molecule has 0 bridgehead atoms. The highest BCUT2D eigenvalue weighted by Gasteiger charge is 2.40. The van der Waals surface area contributed by atoms with Crippen LogP contribution in [0, 0.1) is 6.92 Å². The summed E-state index contributed by atoms with van der Waals surface area (Å²) in [6.45, 7) is 1.36. The smallest absolute Gasteiger partial charge is 0.307 e. The van der Waals surface area contributed by atoms with Crippen molar-refractivity contribution in [3.8, 4) is 0 Å². The van der Waals surface area contributed by atoms with Crippen LogP contribution >= 0.6 is 0 Å². The van der Waals surface area contributed by atoms with Gasteiger partial charge in [-0.15, -0.1) is 3.89 Å². The Labute approximate surface area is 112 Å². The Morgan fingerprint density at radius 3 is 2.85 bits per heavy atom. The van der Waals surface area contributed by atoms with Crippen LogP contribution in [0.5, 0.6) is 0 Å². The molecule has 3 heterocycles. The monoisotopic (exact) mass is 300 g/mol. The minimum atomic E-state index is -4.77. The Hall–Kier alpha value is -2.10. The molecule has 1 saturated heterocycles. The summed E-state index contributed by atoms with van der Waals surface area (Å²) >= 11 is 0. The first-order valence-electron chi connectivity index (χ1n) is 5.68. The standard InChI is InChI=1S/C10H9FN4O4S/c1-5-8-9(12-4-13-10(8)19-14-5)15-3-6(2-7(15)16)20(11,17)18/h4,6H,2-3H2,1H3. The minimum Gasteiger partial charge on any atom is -0.335 e. The lowest BCUT2D eigenvalue weighted by Crippen LogP contribution is -2.28. The van der Waals surface area contributed by atoms with Crippen molar-refractivity contribution in [3.05, 3.63) is 12.0 Å². The minimum absolute atomic E-state index is 0.185. The highest BCUT2D eigenvalue weighted by atomic mass is 32.3. The molecule has 0 N–H and O–H groups in total. The van der Waals surface area contributed by atoms with Crippen molar-refractivity contribution in [1.82, 2.24) is 15.1 Å². The maximum absolute atomic E-state index is 13.0. The third-order valence-corrected chi connectivity index (χ3v) is 4.28. The summed E-state index contributed by atoms with van der Waals surface area (Å²) in [5.74, 6) is -0.332. The topological polar surface area (TPSA) is 106 Å². The first-order valence-corrected chi connectivity index (χ1v) is 7.13. The van der Waals surface area contributed by atoms with Crippen molar-refractivity contribution in [2.45, 2.75) is 18.6 Å². The predicted octanol–water partition coefficient (Wildman–Crippen LogP) is 0.331. The lowest BCUT2D eigenvalue weighted by Gasteiger charge is -2.15. The Balaban J connectivity index is 2.08. The molecule has 8 nitrogen and oxygen atoms in total. The molecular weight excluding hydrogens is 291 g/mol. The van der Waals surface area contributed by atoms with Crippen LogP contribution in [0.25, 0.3) is 11.1 Å². The van der Waals surface area contributed by atoms with Crippen LogP contribution in [0.15, 0.2) is 10.9 Å². The van der Waals surface area contributed by atoms with E-state index in [1.807, 2.05) is 0 Å². The van der Waals surface area contributed by atoms with Crippen LogP contribution in [0.4, 0.5) is 9.70 Å². The van der Waals surface area contributed by atoms with Crippen LogP contribution in [-0.2, 0) is 15.0 Å². The van der Waals surface area contributed by atoms with Crippen molar-refractivity contribution in [3.63, 3.8) is 0 Å². The van der Waals surface area contributed by atoms with Gasteiger partial charge in [0.05, 0.1) is 5.69 Å². The van der Waals surface area contributed by atoms with Gasteiger partial charge in [-0.1, -0.05) is 5.16 Å². The summed E-state index contributed by atoms with van der Waals surface area (Å²) in [6.07, 6.45) is 0.765. The lowest BCUT2D eigenvalue weighted by molar-refractivity contribution is -0.117. The molecule has 106 valence electrons. The summed E-state index contributed by atoms with van der Waals surface area (Å²) in [4.78, 5) is 20.8. The van der Waals surface area contributed by atoms with E-state index in [1.54, 1.807) is 6.92 Å². The summed E-state index contributed by atoms with van der Waals surface area (Å²) in [5, 5.41) is 2.75. The van der Waals surface area contributed by atoms with Gasteiger partial charge >= 0.3 is 10.2 Å². The van der Waals surface area contributed by atoms with Gasteiger partial charge in [0.1, 0.15) is 17.0 Å². The molecule has 1 aliphatic rings. The third-order valence-electron chi connectivity index (χ3n) is 3.17. The van der Waals surface area contributed by atoms with Crippen molar-refractivity contribution in [2.24, 2.45) is 0 Å². The second kappa shape index (κ2) is 4.20. The quantitative estimate of drug-likeness (QED) is 0.736. The zero-order chi connectivity index (χ0) is 14.5. The highest BCUT2D eigenvalue weighted by molar-refractivity contribution is 7.87. The first-order chi connectivity index (χ1) is 9.38. The number of anilines is 1. The van der Waals surface area contributed by atoms with Gasteiger partial charge in [0.25, 0.3) is 5.71 Å². The van der Waals surface area contributed by atoms with Gasteiger partial charge < -0.3 is 4.52 Å². The molecule has 1 amide bonds. The summed E-state index contributed by atoms with van der Waals surface area (Å²) in [6, 6.07) is 0. The molecule has 1 atom stereocenters. The molecule has 0 radical (unpaired) electrons. The number of hydrogen-bond donors (Lipinski definition) is 0. The molecule has 2 aromatic rings. The van der Waals surface area contributed by atoms with Crippen molar-refractivity contribution < 1.29 is 21.6 Å². The van der Waals surface area contributed by atoms with E-state index in [2.05, 4.69) is 15.1 Å². The van der Waals surface area contributed by atoms with Gasteiger partial charge in [0.15, 0.2) is 5.82 Å². The van der Waals surface area contributed by atoms with Crippen LogP contribution < -0.4 is 4.90 Å². The molecule has 1 aliphatic heterocycles. The first kappa shape index (κ1) is 12.9. The molecule has 0 aromatic carbocycles. The van der Waals surface area contributed by atoms with Gasteiger partial charge in [-0.25, -0.2) is 4.98 Å². The second-order valence-corrected chi connectivity index (χ2v) is 6.07. The normalized spacial score (nSPS) is 20.0. The lowest BCUT2D eigenvalue weighted by atomic mass is 10.3. The molecule has 0 aliphatic carbocycles. The van der Waals surface area contributed by atoms with Crippen LogP contribution in [-0.4, -0.2) is 41.2 Å². The maximum atomic E-state index is 13.0. The predicted molar refractivity (Wildman–Crippen MR) is 65.1 cm³/mol. The Kier molecular flexibility index (Phi) is 2.71. The summed E-state index contributed by atoms with van der Waals surface area (Å²) < 4.78 is 39.8. The van der Waals surface area contributed by atoms with Crippen molar-refractivity contribution >= 4 is 33.0 Å². The Morgan fingerprint density at radius 2 is 2.20 bits per heavy atom. The largest absolute Gasteiger partial charge is 0.335 e. The van der Waals surface area contributed by atoms with E-state index < -0.39 is 27.8 Å². The number of aromatic nitrogens is 3. The number of fused-ring (bicyclic) bond motifs is 1. The van der Waals surface area contributed by atoms with E-state index in [9.17, 15) is 17.1 Å². The van der Waals surface area contributed by atoms with Gasteiger partial charge in [-0.2, -0.15) is 13.4 Å².